The first kappa shape index (κ1) is 17.5. The van der Waals surface area contributed by atoms with Crippen molar-refractivity contribution in [3.05, 3.63) is 65.4 Å². The van der Waals surface area contributed by atoms with E-state index in [0.717, 1.165) is 48.1 Å². The van der Waals surface area contributed by atoms with Crippen LogP contribution < -0.4 is 14.8 Å². The zero-order valence-corrected chi connectivity index (χ0v) is 15.9. The van der Waals surface area contributed by atoms with E-state index in [1.807, 2.05) is 28.9 Å². The van der Waals surface area contributed by atoms with Crippen LogP contribution in [-0.2, 0) is 12.8 Å². The van der Waals surface area contributed by atoms with Crippen molar-refractivity contribution in [3.8, 4) is 17.2 Å². The van der Waals surface area contributed by atoms with Gasteiger partial charge in [0, 0.05) is 18.5 Å². The fourth-order valence-corrected chi connectivity index (χ4v) is 3.56. The SMILES string of the molecule is COc1ccc(Cc2nn(-c3ccc(OC)cc3)c3c2CCCCN3)cc1. The van der Waals surface area contributed by atoms with Crippen molar-refractivity contribution >= 4 is 5.82 Å². The maximum absolute atomic E-state index is 5.29. The summed E-state index contributed by atoms with van der Waals surface area (Å²) >= 11 is 0. The van der Waals surface area contributed by atoms with Gasteiger partial charge in [0.1, 0.15) is 17.3 Å². The molecule has 0 fully saturated rings. The summed E-state index contributed by atoms with van der Waals surface area (Å²) < 4.78 is 12.6. The monoisotopic (exact) mass is 363 g/mol. The lowest BCUT2D eigenvalue weighted by Crippen LogP contribution is -2.07. The van der Waals surface area contributed by atoms with E-state index in [1.54, 1.807) is 14.2 Å². The molecule has 0 atom stereocenters. The summed E-state index contributed by atoms with van der Waals surface area (Å²) in [6.07, 6.45) is 4.24. The van der Waals surface area contributed by atoms with Crippen LogP contribution in [0.25, 0.3) is 5.69 Å². The molecule has 140 valence electrons. The molecule has 2 heterocycles. The highest BCUT2D eigenvalue weighted by atomic mass is 16.5. The Hall–Kier alpha value is -2.95. The Balaban J connectivity index is 1.71. The standard InChI is InChI=1S/C22H25N3O2/c1-26-18-10-6-16(7-11-18)15-21-20-5-3-4-14-23-22(20)25(24-21)17-8-12-19(27-2)13-9-17/h6-13,23H,3-5,14-15H2,1-2H3. The zero-order valence-electron chi connectivity index (χ0n) is 15.9. The molecular weight excluding hydrogens is 338 g/mol. The van der Waals surface area contributed by atoms with Gasteiger partial charge in [0.2, 0.25) is 0 Å². The zero-order chi connectivity index (χ0) is 18.6. The van der Waals surface area contributed by atoms with Crippen molar-refractivity contribution < 1.29 is 9.47 Å². The fourth-order valence-electron chi connectivity index (χ4n) is 3.56. The lowest BCUT2D eigenvalue weighted by molar-refractivity contribution is 0.414. The van der Waals surface area contributed by atoms with Gasteiger partial charge < -0.3 is 14.8 Å². The molecular formula is C22H25N3O2. The molecule has 27 heavy (non-hydrogen) atoms. The first-order valence-electron chi connectivity index (χ1n) is 9.40. The lowest BCUT2D eigenvalue weighted by atomic mass is 10.0. The molecule has 1 aliphatic heterocycles. The van der Waals surface area contributed by atoms with E-state index in [2.05, 4.69) is 29.6 Å². The number of methoxy groups -OCH3 is 2. The van der Waals surface area contributed by atoms with Crippen LogP contribution in [0, 0.1) is 0 Å². The molecule has 5 nitrogen and oxygen atoms in total. The Kier molecular flexibility index (Phi) is 5.01. The minimum atomic E-state index is 0.817. The van der Waals surface area contributed by atoms with Gasteiger partial charge in [-0.05, 0) is 61.2 Å². The van der Waals surface area contributed by atoms with Crippen molar-refractivity contribution in [1.82, 2.24) is 9.78 Å². The molecule has 2 aromatic carbocycles. The summed E-state index contributed by atoms with van der Waals surface area (Å²) in [5, 5.41) is 8.57. The summed E-state index contributed by atoms with van der Waals surface area (Å²) in [5.41, 5.74) is 4.75. The molecule has 1 aliphatic rings. The topological polar surface area (TPSA) is 48.3 Å². The predicted molar refractivity (Wildman–Crippen MR) is 107 cm³/mol. The van der Waals surface area contributed by atoms with Gasteiger partial charge in [-0.3, -0.25) is 0 Å². The highest BCUT2D eigenvalue weighted by Crippen LogP contribution is 2.30. The summed E-state index contributed by atoms with van der Waals surface area (Å²) in [4.78, 5) is 0. The minimum Gasteiger partial charge on any atom is -0.497 e. The Bertz CT molecular complexity index is 899. The second kappa shape index (κ2) is 7.74. The predicted octanol–water partition coefficient (Wildman–Crippen LogP) is 4.23. The summed E-state index contributed by atoms with van der Waals surface area (Å²) in [6, 6.07) is 16.3. The van der Waals surface area contributed by atoms with E-state index >= 15 is 0 Å². The number of fused-ring (bicyclic) bond motifs is 1. The van der Waals surface area contributed by atoms with E-state index < -0.39 is 0 Å². The van der Waals surface area contributed by atoms with Crippen LogP contribution in [0.2, 0.25) is 0 Å². The third-order valence-corrected chi connectivity index (χ3v) is 5.06. The van der Waals surface area contributed by atoms with Gasteiger partial charge in [0.25, 0.3) is 0 Å². The number of hydrogen-bond acceptors (Lipinski definition) is 4. The highest BCUT2D eigenvalue weighted by molar-refractivity contribution is 5.55. The quantitative estimate of drug-likeness (QED) is 0.737. The van der Waals surface area contributed by atoms with Crippen LogP contribution in [0.4, 0.5) is 5.82 Å². The van der Waals surface area contributed by atoms with Crippen LogP contribution in [0.5, 0.6) is 11.5 Å². The molecule has 0 bridgehead atoms. The van der Waals surface area contributed by atoms with Gasteiger partial charge in [-0.15, -0.1) is 0 Å². The maximum Gasteiger partial charge on any atom is 0.133 e. The van der Waals surface area contributed by atoms with Gasteiger partial charge in [0.15, 0.2) is 0 Å². The van der Waals surface area contributed by atoms with Crippen molar-refractivity contribution in [1.29, 1.82) is 0 Å². The molecule has 0 unspecified atom stereocenters. The van der Waals surface area contributed by atoms with Crippen LogP contribution in [0.3, 0.4) is 0 Å². The molecule has 0 aliphatic carbocycles. The number of rotatable bonds is 5. The molecule has 3 aromatic rings. The molecule has 4 rings (SSSR count). The number of aromatic nitrogens is 2. The van der Waals surface area contributed by atoms with Crippen molar-refractivity contribution in [2.45, 2.75) is 25.7 Å². The number of nitrogens with zero attached hydrogens (tertiary/aromatic N) is 2. The maximum atomic E-state index is 5.29. The Morgan fingerprint density at radius 1 is 0.926 bits per heavy atom. The second-order valence-corrected chi connectivity index (χ2v) is 6.79. The van der Waals surface area contributed by atoms with Gasteiger partial charge in [-0.1, -0.05) is 12.1 Å². The largest absolute Gasteiger partial charge is 0.497 e. The van der Waals surface area contributed by atoms with Gasteiger partial charge >= 0.3 is 0 Å². The van der Waals surface area contributed by atoms with Gasteiger partial charge in [0.05, 0.1) is 25.6 Å². The lowest BCUT2D eigenvalue weighted by Gasteiger charge is -2.09. The molecule has 1 aromatic heterocycles. The van der Waals surface area contributed by atoms with Crippen LogP contribution in [0.15, 0.2) is 48.5 Å². The Labute approximate surface area is 159 Å². The molecule has 0 saturated carbocycles. The number of ether oxygens (including phenoxy) is 2. The summed E-state index contributed by atoms with van der Waals surface area (Å²) in [6.45, 7) is 0.983. The van der Waals surface area contributed by atoms with E-state index in [1.165, 1.54) is 24.0 Å². The second-order valence-electron chi connectivity index (χ2n) is 6.79. The van der Waals surface area contributed by atoms with Crippen LogP contribution in [-0.4, -0.2) is 30.5 Å². The van der Waals surface area contributed by atoms with Gasteiger partial charge in [-0.2, -0.15) is 5.10 Å². The summed E-state index contributed by atoms with van der Waals surface area (Å²) in [5.74, 6) is 2.85. The third-order valence-electron chi connectivity index (χ3n) is 5.06. The van der Waals surface area contributed by atoms with E-state index in [4.69, 9.17) is 14.6 Å². The molecule has 0 amide bonds. The number of hydrogen-bond donors (Lipinski definition) is 1. The first-order chi connectivity index (χ1) is 13.3. The first-order valence-corrected chi connectivity index (χ1v) is 9.40. The average Bonchev–Trinajstić information content (AvgIpc) is 2.89. The van der Waals surface area contributed by atoms with Crippen LogP contribution in [0.1, 0.15) is 29.7 Å². The third kappa shape index (κ3) is 3.63. The van der Waals surface area contributed by atoms with E-state index in [-0.39, 0.29) is 0 Å². The van der Waals surface area contributed by atoms with E-state index in [0.29, 0.717) is 0 Å². The average molecular weight is 363 g/mol. The minimum absolute atomic E-state index is 0.817. The Morgan fingerprint density at radius 3 is 2.26 bits per heavy atom. The van der Waals surface area contributed by atoms with Crippen molar-refractivity contribution in [2.75, 3.05) is 26.1 Å². The van der Waals surface area contributed by atoms with Crippen molar-refractivity contribution in [2.24, 2.45) is 0 Å². The number of benzene rings is 2. The van der Waals surface area contributed by atoms with Crippen LogP contribution >= 0.6 is 0 Å². The molecule has 5 heteroatoms. The molecule has 0 saturated heterocycles. The normalized spacial score (nSPS) is 13.4. The molecule has 0 spiro atoms. The van der Waals surface area contributed by atoms with Crippen molar-refractivity contribution in [3.63, 3.8) is 0 Å². The molecule has 1 N–H and O–H groups in total. The smallest absolute Gasteiger partial charge is 0.133 e. The number of anilines is 1. The number of nitrogens with one attached hydrogen (secondary N) is 1. The van der Waals surface area contributed by atoms with Gasteiger partial charge in [-0.25, -0.2) is 4.68 Å². The molecule has 0 radical (unpaired) electrons. The Morgan fingerprint density at radius 2 is 1.59 bits per heavy atom. The summed E-state index contributed by atoms with van der Waals surface area (Å²) in [7, 11) is 3.38. The highest BCUT2D eigenvalue weighted by Gasteiger charge is 2.20. The fraction of sp³-hybridized carbons (Fsp3) is 0.318. The van der Waals surface area contributed by atoms with E-state index in [9.17, 15) is 0 Å².